The second-order valence-corrected chi connectivity index (χ2v) is 5.90. The van der Waals surface area contributed by atoms with Gasteiger partial charge in [0.05, 0.1) is 13.2 Å². The number of halogens is 1. The summed E-state index contributed by atoms with van der Waals surface area (Å²) in [5.74, 6) is -0.00262. The van der Waals surface area contributed by atoms with Gasteiger partial charge in [0.25, 0.3) is 0 Å². The molecule has 2 atom stereocenters. The van der Waals surface area contributed by atoms with E-state index in [0.29, 0.717) is 19.8 Å². The number of ether oxygens (including phenoxy) is 2. The monoisotopic (exact) mass is 334 g/mol. The van der Waals surface area contributed by atoms with E-state index in [1.807, 2.05) is 36.4 Å². The van der Waals surface area contributed by atoms with Gasteiger partial charge in [0.1, 0.15) is 6.61 Å². The number of rotatable bonds is 4. The van der Waals surface area contributed by atoms with Gasteiger partial charge in [0.15, 0.2) is 0 Å². The van der Waals surface area contributed by atoms with Crippen LogP contribution in [0.1, 0.15) is 5.56 Å². The molecular weight excluding hydrogens is 320 g/mol. The van der Waals surface area contributed by atoms with Gasteiger partial charge in [-0.3, -0.25) is 0 Å². The van der Waals surface area contributed by atoms with Gasteiger partial charge in [0, 0.05) is 21.9 Å². The zero-order chi connectivity index (χ0) is 13.9. The van der Waals surface area contributed by atoms with E-state index in [1.54, 1.807) is 0 Å². The topological polar surface area (TPSA) is 35.5 Å². The summed E-state index contributed by atoms with van der Waals surface area (Å²) in [6.45, 7) is 1.58. The van der Waals surface area contributed by atoms with Gasteiger partial charge in [-0.2, -0.15) is 0 Å². The molecule has 0 saturated carbocycles. The summed E-state index contributed by atoms with van der Waals surface area (Å²) < 4.78 is 11.9. The summed E-state index contributed by atoms with van der Waals surface area (Å²) in [4.78, 5) is 11.6. The highest BCUT2D eigenvalue weighted by molar-refractivity contribution is 9.11. The van der Waals surface area contributed by atoms with Crippen molar-refractivity contribution in [3.05, 3.63) is 58.1 Å². The van der Waals surface area contributed by atoms with Gasteiger partial charge >= 0.3 is 5.97 Å². The molecule has 1 aliphatic heterocycles. The van der Waals surface area contributed by atoms with E-state index in [-0.39, 0.29) is 17.8 Å². The number of cyclic esters (lactones) is 1. The predicted molar refractivity (Wildman–Crippen MR) is 79.1 cm³/mol. The molecule has 104 valence electrons. The highest BCUT2D eigenvalue weighted by Gasteiger charge is 2.33. The van der Waals surface area contributed by atoms with E-state index in [9.17, 15) is 4.79 Å². The molecule has 0 amide bonds. The molecule has 0 unspecified atom stereocenters. The predicted octanol–water partition coefficient (Wildman–Crippen LogP) is 3.21. The van der Waals surface area contributed by atoms with Crippen molar-refractivity contribution in [3.63, 3.8) is 0 Å². The Morgan fingerprint density at radius 1 is 1.25 bits per heavy atom. The van der Waals surface area contributed by atoms with Crippen LogP contribution in [-0.2, 0) is 20.9 Å². The average Bonchev–Trinajstić information content (AvgIpc) is 2.81. The third-order valence-electron chi connectivity index (χ3n) is 3.53. The van der Waals surface area contributed by atoms with Crippen LogP contribution in [0.15, 0.2) is 52.5 Å². The van der Waals surface area contributed by atoms with Crippen molar-refractivity contribution in [2.45, 2.75) is 6.61 Å². The van der Waals surface area contributed by atoms with Gasteiger partial charge in [0.2, 0.25) is 0 Å². The molecule has 0 radical (unpaired) electrons. The molecule has 0 aromatic heterocycles. The van der Waals surface area contributed by atoms with Crippen molar-refractivity contribution in [3.8, 4) is 0 Å². The van der Waals surface area contributed by atoms with Crippen molar-refractivity contribution < 1.29 is 14.3 Å². The van der Waals surface area contributed by atoms with Crippen LogP contribution in [0.4, 0.5) is 0 Å². The Kier molecular flexibility index (Phi) is 4.03. The van der Waals surface area contributed by atoms with E-state index < -0.39 is 0 Å². The van der Waals surface area contributed by atoms with Crippen LogP contribution in [0.25, 0.3) is 0 Å². The molecule has 1 heterocycles. The Labute approximate surface area is 126 Å². The normalized spacial score (nSPS) is 24.8. The summed E-state index contributed by atoms with van der Waals surface area (Å²) in [5.41, 5.74) is 1.91. The molecule has 1 fully saturated rings. The van der Waals surface area contributed by atoms with Crippen molar-refractivity contribution in [1.82, 2.24) is 0 Å². The average molecular weight is 335 g/mol. The van der Waals surface area contributed by atoms with E-state index >= 15 is 0 Å². The third-order valence-corrected chi connectivity index (χ3v) is 4.39. The minimum Gasteiger partial charge on any atom is -0.461 e. The second kappa shape index (κ2) is 5.94. The largest absolute Gasteiger partial charge is 0.461 e. The standard InChI is InChI=1S/C16H15BrO3/c17-15-7-12-10-20-16(18)14(12)6-13(15)9-19-8-11-4-2-1-3-5-11/h1-7,12-13H,8-10H2/t12-,13-/m1/s1. The number of carbonyl (C=O) groups excluding carboxylic acids is 1. The quantitative estimate of drug-likeness (QED) is 0.793. The van der Waals surface area contributed by atoms with Crippen LogP contribution >= 0.6 is 15.9 Å². The lowest BCUT2D eigenvalue weighted by Gasteiger charge is -2.19. The van der Waals surface area contributed by atoms with Gasteiger partial charge in [-0.05, 0) is 5.56 Å². The Morgan fingerprint density at radius 2 is 2.05 bits per heavy atom. The molecule has 0 bridgehead atoms. The summed E-state index contributed by atoms with van der Waals surface area (Å²) in [6, 6.07) is 10.1. The van der Waals surface area contributed by atoms with Crippen LogP contribution < -0.4 is 0 Å². The number of fused-ring (bicyclic) bond motifs is 1. The van der Waals surface area contributed by atoms with E-state index in [4.69, 9.17) is 9.47 Å². The molecule has 4 heteroatoms. The number of benzene rings is 1. The van der Waals surface area contributed by atoms with Gasteiger partial charge < -0.3 is 9.47 Å². The fourth-order valence-electron chi connectivity index (χ4n) is 2.44. The van der Waals surface area contributed by atoms with Crippen molar-refractivity contribution >= 4 is 21.9 Å². The molecule has 2 aliphatic rings. The van der Waals surface area contributed by atoms with Crippen LogP contribution in [0, 0.1) is 11.8 Å². The number of carbonyl (C=O) groups is 1. The Bertz CT molecular complexity index is 562. The van der Waals surface area contributed by atoms with Gasteiger partial charge in [-0.25, -0.2) is 4.79 Å². The third kappa shape index (κ3) is 2.86. The molecular formula is C16H15BrO3. The summed E-state index contributed by atoms with van der Waals surface area (Å²) in [5, 5.41) is 0. The molecule has 1 aliphatic carbocycles. The lowest BCUT2D eigenvalue weighted by atomic mass is 9.91. The lowest BCUT2D eigenvalue weighted by molar-refractivity contribution is -0.135. The maximum atomic E-state index is 11.6. The fourth-order valence-corrected chi connectivity index (χ4v) is 3.02. The minimum atomic E-state index is -0.195. The van der Waals surface area contributed by atoms with Gasteiger partial charge in [-0.1, -0.05) is 58.4 Å². The SMILES string of the molecule is O=C1OC[C@H]2C=C(Br)[C@@H](COCc3ccccc3)C=C12. The fraction of sp³-hybridized carbons (Fsp3) is 0.312. The Hall–Kier alpha value is -1.39. The van der Waals surface area contributed by atoms with E-state index in [1.165, 1.54) is 0 Å². The molecule has 1 saturated heterocycles. The van der Waals surface area contributed by atoms with Crippen molar-refractivity contribution in [2.75, 3.05) is 13.2 Å². The van der Waals surface area contributed by atoms with Crippen molar-refractivity contribution in [1.29, 1.82) is 0 Å². The second-order valence-electron chi connectivity index (χ2n) is 4.99. The summed E-state index contributed by atoms with van der Waals surface area (Å²) >= 11 is 3.57. The van der Waals surface area contributed by atoms with E-state index in [0.717, 1.165) is 15.6 Å². The highest BCUT2D eigenvalue weighted by atomic mass is 79.9. The first-order valence-corrected chi connectivity index (χ1v) is 7.41. The van der Waals surface area contributed by atoms with Crippen LogP contribution in [0.5, 0.6) is 0 Å². The first-order chi connectivity index (χ1) is 9.74. The summed E-state index contributed by atoms with van der Waals surface area (Å²) in [6.07, 6.45) is 4.02. The molecule has 3 rings (SSSR count). The molecule has 1 aromatic rings. The zero-order valence-corrected chi connectivity index (χ0v) is 12.5. The summed E-state index contributed by atoms with van der Waals surface area (Å²) in [7, 11) is 0. The zero-order valence-electron chi connectivity index (χ0n) is 10.9. The first-order valence-electron chi connectivity index (χ1n) is 6.62. The van der Waals surface area contributed by atoms with Crippen LogP contribution in [-0.4, -0.2) is 19.2 Å². The smallest absolute Gasteiger partial charge is 0.334 e. The lowest BCUT2D eigenvalue weighted by Crippen LogP contribution is -2.16. The number of hydrogen-bond acceptors (Lipinski definition) is 3. The molecule has 20 heavy (non-hydrogen) atoms. The van der Waals surface area contributed by atoms with Gasteiger partial charge in [-0.15, -0.1) is 0 Å². The maximum Gasteiger partial charge on any atom is 0.334 e. The molecule has 0 spiro atoms. The Morgan fingerprint density at radius 3 is 2.85 bits per heavy atom. The molecule has 3 nitrogen and oxygen atoms in total. The molecule has 0 N–H and O–H groups in total. The number of esters is 1. The van der Waals surface area contributed by atoms with E-state index in [2.05, 4.69) is 22.0 Å². The van der Waals surface area contributed by atoms with Crippen LogP contribution in [0.3, 0.4) is 0 Å². The van der Waals surface area contributed by atoms with Crippen LogP contribution in [0.2, 0.25) is 0 Å². The minimum absolute atomic E-state index is 0.0932. The Balaban J connectivity index is 1.60. The maximum absolute atomic E-state index is 11.6. The first kappa shape index (κ1) is 13.6. The van der Waals surface area contributed by atoms with Crippen molar-refractivity contribution in [2.24, 2.45) is 11.8 Å². The number of hydrogen-bond donors (Lipinski definition) is 0. The highest BCUT2D eigenvalue weighted by Crippen LogP contribution is 2.35. The molecule has 1 aromatic carbocycles.